The number of carbonyl (C=O) groups excluding carboxylic acids is 1. The van der Waals surface area contributed by atoms with E-state index in [2.05, 4.69) is 23.6 Å². The Kier molecular flexibility index (Phi) is 3.25. The van der Waals surface area contributed by atoms with E-state index in [-0.39, 0.29) is 5.91 Å². The molecule has 0 unspecified atom stereocenters. The van der Waals surface area contributed by atoms with Gasteiger partial charge in [-0.1, -0.05) is 6.92 Å². The van der Waals surface area contributed by atoms with Crippen LogP contribution in [0.5, 0.6) is 0 Å². The number of carbonyl (C=O) groups is 1. The van der Waals surface area contributed by atoms with Crippen molar-refractivity contribution >= 4 is 28.6 Å². The number of hydrogen-bond donors (Lipinski definition) is 2. The van der Waals surface area contributed by atoms with Crippen molar-refractivity contribution in [3.8, 4) is 0 Å². The zero-order valence-electron chi connectivity index (χ0n) is 10.8. The summed E-state index contributed by atoms with van der Waals surface area (Å²) in [4.78, 5) is 13.1. The van der Waals surface area contributed by atoms with Gasteiger partial charge in [-0.2, -0.15) is 0 Å². The lowest BCUT2D eigenvalue weighted by Crippen LogP contribution is -2.12. The number of fused-ring (bicyclic) bond motifs is 1. The molecule has 3 nitrogen and oxygen atoms in total. The number of anilines is 2. The lowest BCUT2D eigenvalue weighted by atomic mass is 10.1. The molecule has 19 heavy (non-hydrogen) atoms. The maximum absolute atomic E-state index is 12.2. The molecule has 98 valence electrons. The minimum atomic E-state index is -0.00208. The minimum Gasteiger partial charge on any atom is -0.384 e. The van der Waals surface area contributed by atoms with Crippen molar-refractivity contribution in [3.63, 3.8) is 0 Å². The normalized spacial score (nSPS) is 12.9. The number of nitrogens with one attached hydrogen (secondary N) is 2. The Labute approximate surface area is 116 Å². The van der Waals surface area contributed by atoms with Gasteiger partial charge in [-0.25, -0.2) is 0 Å². The van der Waals surface area contributed by atoms with Gasteiger partial charge in [-0.05, 0) is 53.6 Å². The van der Waals surface area contributed by atoms with E-state index in [0.29, 0.717) is 0 Å². The fourth-order valence-corrected chi connectivity index (χ4v) is 3.27. The highest BCUT2D eigenvalue weighted by Crippen LogP contribution is 2.26. The van der Waals surface area contributed by atoms with Crippen LogP contribution in [0.1, 0.15) is 27.7 Å². The molecule has 0 bridgehead atoms. The van der Waals surface area contributed by atoms with Crippen LogP contribution in [-0.2, 0) is 12.8 Å². The number of benzene rings is 1. The first kappa shape index (κ1) is 12.2. The highest BCUT2D eigenvalue weighted by molar-refractivity contribution is 7.12. The summed E-state index contributed by atoms with van der Waals surface area (Å²) < 4.78 is 0. The number of thiophene rings is 1. The first-order chi connectivity index (χ1) is 9.28. The van der Waals surface area contributed by atoms with E-state index in [1.807, 2.05) is 23.6 Å². The van der Waals surface area contributed by atoms with Gasteiger partial charge < -0.3 is 10.6 Å². The van der Waals surface area contributed by atoms with Gasteiger partial charge in [0.25, 0.3) is 5.91 Å². The SMILES string of the molecule is CCc1ccsc1C(=O)Nc1ccc2c(c1)CCN2. The quantitative estimate of drug-likeness (QED) is 0.897. The molecule has 3 rings (SSSR count). The lowest BCUT2D eigenvalue weighted by Gasteiger charge is -2.07. The summed E-state index contributed by atoms with van der Waals surface area (Å²) in [6, 6.07) is 8.07. The van der Waals surface area contributed by atoms with Crippen molar-refractivity contribution < 1.29 is 4.79 Å². The molecule has 2 N–H and O–H groups in total. The average molecular weight is 272 g/mol. The third-order valence-corrected chi connectivity index (χ3v) is 4.36. The molecule has 1 aromatic heterocycles. The fourth-order valence-electron chi connectivity index (χ4n) is 2.38. The van der Waals surface area contributed by atoms with Gasteiger partial charge in [0.1, 0.15) is 0 Å². The summed E-state index contributed by atoms with van der Waals surface area (Å²) in [6.07, 6.45) is 1.92. The molecule has 4 heteroatoms. The van der Waals surface area contributed by atoms with E-state index in [0.717, 1.165) is 35.5 Å². The van der Waals surface area contributed by atoms with Crippen molar-refractivity contribution in [2.45, 2.75) is 19.8 Å². The number of hydrogen-bond acceptors (Lipinski definition) is 3. The third-order valence-electron chi connectivity index (χ3n) is 3.41. The van der Waals surface area contributed by atoms with E-state index in [1.54, 1.807) is 0 Å². The monoisotopic (exact) mass is 272 g/mol. The van der Waals surface area contributed by atoms with Gasteiger partial charge in [-0.3, -0.25) is 4.79 Å². The summed E-state index contributed by atoms with van der Waals surface area (Å²) in [5, 5.41) is 8.28. The second kappa shape index (κ2) is 5.05. The highest BCUT2D eigenvalue weighted by Gasteiger charge is 2.14. The molecule has 0 radical (unpaired) electrons. The first-order valence-electron chi connectivity index (χ1n) is 6.52. The molecule has 1 aliphatic heterocycles. The third kappa shape index (κ3) is 2.36. The molecule has 0 spiro atoms. The highest BCUT2D eigenvalue weighted by atomic mass is 32.1. The van der Waals surface area contributed by atoms with Crippen molar-refractivity contribution in [1.29, 1.82) is 0 Å². The van der Waals surface area contributed by atoms with Crippen LogP contribution < -0.4 is 10.6 Å². The molecular weight excluding hydrogens is 256 g/mol. The summed E-state index contributed by atoms with van der Waals surface area (Å²) in [7, 11) is 0. The van der Waals surface area contributed by atoms with Gasteiger partial charge in [0.05, 0.1) is 4.88 Å². The Bertz CT molecular complexity index is 618. The molecule has 1 aliphatic rings. The van der Waals surface area contributed by atoms with Crippen molar-refractivity contribution in [1.82, 2.24) is 0 Å². The zero-order chi connectivity index (χ0) is 13.2. The minimum absolute atomic E-state index is 0.00208. The van der Waals surface area contributed by atoms with Crippen LogP contribution >= 0.6 is 11.3 Å². The molecule has 0 aliphatic carbocycles. The second-order valence-electron chi connectivity index (χ2n) is 4.63. The second-order valence-corrected chi connectivity index (χ2v) is 5.55. The van der Waals surface area contributed by atoms with E-state index >= 15 is 0 Å². The van der Waals surface area contributed by atoms with Crippen LogP contribution in [-0.4, -0.2) is 12.5 Å². The lowest BCUT2D eigenvalue weighted by molar-refractivity contribution is 0.103. The van der Waals surface area contributed by atoms with E-state index < -0.39 is 0 Å². The van der Waals surface area contributed by atoms with Crippen molar-refractivity contribution in [2.75, 3.05) is 17.2 Å². The topological polar surface area (TPSA) is 41.1 Å². The van der Waals surface area contributed by atoms with Crippen LogP contribution in [0.15, 0.2) is 29.6 Å². The van der Waals surface area contributed by atoms with Crippen LogP contribution in [0, 0.1) is 0 Å². The molecule has 1 amide bonds. The smallest absolute Gasteiger partial charge is 0.266 e. The molecule has 1 aromatic carbocycles. The Hall–Kier alpha value is -1.81. The molecule has 0 atom stereocenters. The fraction of sp³-hybridized carbons (Fsp3) is 0.267. The molecular formula is C15H16N2OS. The number of rotatable bonds is 3. The van der Waals surface area contributed by atoms with Crippen LogP contribution in [0.2, 0.25) is 0 Å². The van der Waals surface area contributed by atoms with E-state index in [9.17, 15) is 4.79 Å². The Morgan fingerprint density at radius 2 is 2.32 bits per heavy atom. The maximum Gasteiger partial charge on any atom is 0.266 e. The largest absolute Gasteiger partial charge is 0.384 e. The summed E-state index contributed by atoms with van der Waals surface area (Å²) >= 11 is 1.50. The Balaban J connectivity index is 1.80. The van der Waals surface area contributed by atoms with E-state index in [4.69, 9.17) is 0 Å². The van der Waals surface area contributed by atoms with Gasteiger partial charge >= 0.3 is 0 Å². The summed E-state index contributed by atoms with van der Waals surface area (Å²) in [6.45, 7) is 3.05. The predicted octanol–water partition coefficient (Wildman–Crippen LogP) is 3.53. The Morgan fingerprint density at radius 1 is 1.42 bits per heavy atom. The average Bonchev–Trinajstić information content (AvgIpc) is 3.06. The zero-order valence-corrected chi connectivity index (χ0v) is 11.6. The van der Waals surface area contributed by atoms with Crippen molar-refractivity contribution in [3.05, 3.63) is 45.6 Å². The number of aryl methyl sites for hydroxylation is 1. The first-order valence-corrected chi connectivity index (χ1v) is 7.40. The molecule has 0 saturated carbocycles. The molecule has 2 heterocycles. The van der Waals surface area contributed by atoms with Gasteiger partial charge in [0.15, 0.2) is 0 Å². The number of amides is 1. The van der Waals surface area contributed by atoms with Gasteiger partial charge in [-0.15, -0.1) is 11.3 Å². The van der Waals surface area contributed by atoms with Gasteiger partial charge in [0, 0.05) is 17.9 Å². The van der Waals surface area contributed by atoms with Crippen molar-refractivity contribution in [2.24, 2.45) is 0 Å². The predicted molar refractivity (Wildman–Crippen MR) is 80.3 cm³/mol. The van der Waals surface area contributed by atoms with Crippen LogP contribution in [0.25, 0.3) is 0 Å². The molecule has 0 fully saturated rings. The van der Waals surface area contributed by atoms with E-state index in [1.165, 1.54) is 22.6 Å². The summed E-state index contributed by atoms with van der Waals surface area (Å²) in [5.41, 5.74) is 4.45. The Morgan fingerprint density at radius 3 is 3.16 bits per heavy atom. The van der Waals surface area contributed by atoms with Crippen LogP contribution in [0.3, 0.4) is 0 Å². The maximum atomic E-state index is 12.2. The standard InChI is InChI=1S/C15H16N2OS/c1-2-10-6-8-19-14(10)15(18)17-12-3-4-13-11(9-12)5-7-16-13/h3-4,6,8-9,16H,2,5,7H2,1H3,(H,17,18). The molecule has 2 aromatic rings. The summed E-state index contributed by atoms with van der Waals surface area (Å²) in [5.74, 6) is -0.00208. The van der Waals surface area contributed by atoms with Crippen LogP contribution in [0.4, 0.5) is 11.4 Å². The molecule has 0 saturated heterocycles. The van der Waals surface area contributed by atoms with Gasteiger partial charge in [0.2, 0.25) is 0 Å².